The number of aromatic amines is 1. The third-order valence-electron chi connectivity index (χ3n) is 4.70. The van der Waals surface area contributed by atoms with Crippen LogP contribution in [0.4, 0.5) is 0 Å². The highest BCUT2D eigenvalue weighted by Crippen LogP contribution is 2.24. The molecule has 0 aliphatic rings. The lowest BCUT2D eigenvalue weighted by atomic mass is 10.0. The van der Waals surface area contributed by atoms with E-state index in [9.17, 15) is 4.79 Å². The lowest BCUT2D eigenvalue weighted by molar-refractivity contribution is 0.876. The molecule has 0 radical (unpaired) electrons. The van der Waals surface area contributed by atoms with Crippen molar-refractivity contribution in [3.05, 3.63) is 94.5 Å². The maximum absolute atomic E-state index is 13.3. The number of nitrogens with zero attached hydrogens (tertiary/aromatic N) is 4. The molecule has 0 saturated carbocycles. The number of pyridine rings is 1. The van der Waals surface area contributed by atoms with E-state index in [1.807, 2.05) is 42.5 Å². The summed E-state index contributed by atoms with van der Waals surface area (Å²) in [6.07, 6.45) is 4.99. The van der Waals surface area contributed by atoms with Crippen molar-refractivity contribution < 1.29 is 0 Å². The van der Waals surface area contributed by atoms with Crippen LogP contribution >= 0.6 is 11.6 Å². The highest BCUT2D eigenvalue weighted by atomic mass is 35.5. The molecule has 7 heteroatoms. The third kappa shape index (κ3) is 3.09. The van der Waals surface area contributed by atoms with E-state index in [1.165, 1.54) is 0 Å². The van der Waals surface area contributed by atoms with Gasteiger partial charge in [0.25, 0.3) is 0 Å². The van der Waals surface area contributed by atoms with Gasteiger partial charge in [0.2, 0.25) is 5.43 Å². The summed E-state index contributed by atoms with van der Waals surface area (Å²) in [4.78, 5) is 17.6. The summed E-state index contributed by atoms with van der Waals surface area (Å²) in [6.45, 7) is 0. The number of benzene rings is 2. The van der Waals surface area contributed by atoms with Gasteiger partial charge in [-0.2, -0.15) is 10.2 Å². The van der Waals surface area contributed by atoms with Crippen molar-refractivity contribution >= 4 is 22.5 Å². The zero-order chi connectivity index (χ0) is 19.8. The van der Waals surface area contributed by atoms with E-state index in [4.69, 9.17) is 11.6 Å². The number of hydrogen-bond donors (Lipinski definition) is 1. The monoisotopic (exact) mass is 399 g/mol. The van der Waals surface area contributed by atoms with Crippen LogP contribution in [0, 0.1) is 0 Å². The quantitative estimate of drug-likeness (QED) is 0.485. The van der Waals surface area contributed by atoms with Crippen molar-refractivity contribution in [3.8, 4) is 28.2 Å². The van der Waals surface area contributed by atoms with E-state index in [2.05, 4.69) is 20.3 Å². The topological polar surface area (TPSA) is 76.5 Å². The Hall–Kier alpha value is -3.77. The summed E-state index contributed by atoms with van der Waals surface area (Å²) < 4.78 is 1.65. The number of fused-ring (bicyclic) bond motifs is 1. The zero-order valence-electron chi connectivity index (χ0n) is 15.1. The summed E-state index contributed by atoms with van der Waals surface area (Å²) in [5.74, 6) is 0. The highest BCUT2D eigenvalue weighted by molar-refractivity contribution is 6.30. The minimum atomic E-state index is -0.184. The average molecular weight is 400 g/mol. The van der Waals surface area contributed by atoms with Gasteiger partial charge in [0.15, 0.2) is 5.69 Å². The fourth-order valence-electron chi connectivity index (χ4n) is 3.33. The number of halogens is 1. The van der Waals surface area contributed by atoms with Crippen LogP contribution in [0.1, 0.15) is 0 Å². The van der Waals surface area contributed by atoms with Crippen molar-refractivity contribution in [3.63, 3.8) is 0 Å². The van der Waals surface area contributed by atoms with Crippen LogP contribution in [0.3, 0.4) is 0 Å². The predicted molar refractivity (Wildman–Crippen MR) is 113 cm³/mol. The van der Waals surface area contributed by atoms with Crippen molar-refractivity contribution in [2.24, 2.45) is 0 Å². The summed E-state index contributed by atoms with van der Waals surface area (Å²) in [6, 6.07) is 18.6. The first kappa shape index (κ1) is 17.3. The van der Waals surface area contributed by atoms with E-state index >= 15 is 0 Å². The molecule has 2 aromatic carbocycles. The second-order valence-corrected chi connectivity index (χ2v) is 6.93. The molecule has 140 valence electrons. The van der Waals surface area contributed by atoms with Crippen LogP contribution in [-0.4, -0.2) is 25.0 Å². The maximum atomic E-state index is 13.3. The van der Waals surface area contributed by atoms with Crippen molar-refractivity contribution in [2.75, 3.05) is 0 Å². The first-order chi connectivity index (χ1) is 14.2. The van der Waals surface area contributed by atoms with Crippen molar-refractivity contribution in [1.29, 1.82) is 0 Å². The standard InChI is InChI=1S/C22H14ClN5O/c23-16-4-1-5-17(12-16)28-20(8-10-26-28)21-22(29)18(13-25-27-21)14-6-7-19-15(11-14)3-2-9-24-19/h1-13H,(H,25,29). The lowest BCUT2D eigenvalue weighted by Crippen LogP contribution is -2.14. The Morgan fingerprint density at radius 3 is 2.79 bits per heavy atom. The van der Waals surface area contributed by atoms with E-state index in [0.29, 0.717) is 16.3 Å². The van der Waals surface area contributed by atoms with Crippen molar-refractivity contribution in [2.45, 2.75) is 0 Å². The highest BCUT2D eigenvalue weighted by Gasteiger charge is 2.16. The van der Waals surface area contributed by atoms with Gasteiger partial charge in [-0.25, -0.2) is 4.68 Å². The Bertz CT molecular complexity index is 1410. The molecular weight excluding hydrogens is 386 g/mol. The Morgan fingerprint density at radius 1 is 0.966 bits per heavy atom. The zero-order valence-corrected chi connectivity index (χ0v) is 15.8. The Morgan fingerprint density at radius 2 is 1.90 bits per heavy atom. The number of hydrogen-bond acceptors (Lipinski definition) is 4. The Kier molecular flexibility index (Phi) is 4.18. The second-order valence-electron chi connectivity index (χ2n) is 6.50. The second kappa shape index (κ2) is 7.00. The van der Waals surface area contributed by atoms with Crippen LogP contribution in [0.15, 0.2) is 84.0 Å². The van der Waals surface area contributed by atoms with Gasteiger partial charge in [0.1, 0.15) is 0 Å². The van der Waals surface area contributed by atoms with Crippen LogP contribution in [0.25, 0.3) is 39.1 Å². The summed E-state index contributed by atoms with van der Waals surface area (Å²) in [5, 5.41) is 13.0. The van der Waals surface area contributed by atoms with Gasteiger partial charge < -0.3 is 0 Å². The van der Waals surface area contributed by atoms with Crippen molar-refractivity contribution in [1.82, 2.24) is 25.0 Å². The molecule has 0 saturated heterocycles. The first-order valence-electron chi connectivity index (χ1n) is 8.94. The van der Waals surface area contributed by atoms with Crippen LogP contribution < -0.4 is 5.43 Å². The van der Waals surface area contributed by atoms with Gasteiger partial charge in [0.05, 0.1) is 23.1 Å². The first-order valence-corrected chi connectivity index (χ1v) is 9.32. The molecule has 3 aromatic heterocycles. The van der Waals surface area contributed by atoms with Gasteiger partial charge in [-0.3, -0.25) is 14.9 Å². The molecule has 5 aromatic rings. The lowest BCUT2D eigenvalue weighted by Gasteiger charge is -2.08. The van der Waals surface area contributed by atoms with Gasteiger partial charge in [-0.1, -0.05) is 29.8 Å². The van der Waals surface area contributed by atoms with Gasteiger partial charge in [-0.15, -0.1) is 0 Å². The fraction of sp³-hybridized carbons (Fsp3) is 0. The molecule has 0 amide bonds. The van der Waals surface area contributed by atoms with Gasteiger partial charge >= 0.3 is 0 Å². The molecule has 1 N–H and O–H groups in total. The van der Waals surface area contributed by atoms with Crippen LogP contribution in [0.2, 0.25) is 5.02 Å². The average Bonchev–Trinajstić information content (AvgIpc) is 3.23. The molecular formula is C22H14ClN5O. The van der Waals surface area contributed by atoms with Gasteiger partial charge in [-0.05, 0) is 48.0 Å². The molecule has 6 nitrogen and oxygen atoms in total. The number of H-pyrrole nitrogens is 1. The SMILES string of the molecule is O=c1c(-c2ccc3ncccc3c2)c[nH]nc1-c1ccnn1-c1cccc(Cl)c1. The summed E-state index contributed by atoms with van der Waals surface area (Å²) in [7, 11) is 0. The fourth-order valence-corrected chi connectivity index (χ4v) is 3.52. The molecule has 29 heavy (non-hydrogen) atoms. The largest absolute Gasteiger partial charge is 0.287 e. The normalized spacial score (nSPS) is 11.1. The summed E-state index contributed by atoms with van der Waals surface area (Å²) in [5.41, 5.74) is 3.63. The van der Waals surface area contributed by atoms with Gasteiger partial charge in [0, 0.05) is 28.4 Å². The van der Waals surface area contributed by atoms with Crippen LogP contribution in [0.5, 0.6) is 0 Å². The minimum Gasteiger partial charge on any atom is -0.287 e. The molecule has 0 atom stereocenters. The number of rotatable bonds is 3. The number of nitrogens with one attached hydrogen (secondary N) is 1. The number of aromatic nitrogens is 5. The molecule has 0 aliphatic heterocycles. The molecule has 0 bridgehead atoms. The van der Waals surface area contributed by atoms with E-state index < -0.39 is 0 Å². The van der Waals surface area contributed by atoms with E-state index in [-0.39, 0.29) is 11.1 Å². The molecule has 0 spiro atoms. The Balaban J connectivity index is 1.66. The summed E-state index contributed by atoms with van der Waals surface area (Å²) >= 11 is 6.11. The molecule has 3 heterocycles. The van der Waals surface area contributed by atoms with Crippen LogP contribution in [-0.2, 0) is 0 Å². The smallest absolute Gasteiger partial charge is 0.217 e. The predicted octanol–water partition coefficient (Wildman–Crippen LogP) is 4.49. The molecule has 5 rings (SSSR count). The molecule has 0 unspecified atom stereocenters. The van der Waals surface area contributed by atoms with E-state index in [1.54, 1.807) is 41.5 Å². The minimum absolute atomic E-state index is 0.184. The third-order valence-corrected chi connectivity index (χ3v) is 4.93. The van der Waals surface area contributed by atoms with E-state index in [0.717, 1.165) is 22.2 Å². The molecule has 0 fully saturated rings. The maximum Gasteiger partial charge on any atom is 0.217 e. The molecule has 0 aliphatic carbocycles. The Labute approximate surface area is 170 Å².